The second-order valence-electron chi connectivity index (χ2n) is 12.0. The molecule has 0 spiro atoms. The van der Waals surface area contributed by atoms with Crippen LogP contribution in [-0.4, -0.2) is 40.6 Å². The average Bonchev–Trinajstić information content (AvgIpc) is 3.28. The first-order chi connectivity index (χ1) is 18.7. The number of benzene rings is 2. The highest BCUT2D eigenvalue weighted by Gasteiger charge is 2.56. The molecule has 3 aliphatic rings. The quantitative estimate of drug-likeness (QED) is 0.378. The molecule has 2 aromatic rings. The van der Waals surface area contributed by atoms with Crippen LogP contribution in [0.25, 0.3) is 0 Å². The summed E-state index contributed by atoms with van der Waals surface area (Å²) in [7, 11) is 0. The van der Waals surface area contributed by atoms with Crippen LogP contribution in [-0.2, 0) is 33.5 Å². The summed E-state index contributed by atoms with van der Waals surface area (Å²) in [6, 6.07) is 9.92. The van der Waals surface area contributed by atoms with Gasteiger partial charge in [0.2, 0.25) is 11.6 Å². The lowest BCUT2D eigenvalue weighted by atomic mass is 9.63. The molecule has 3 atom stereocenters. The first-order valence-electron chi connectivity index (χ1n) is 13.9. The zero-order chi connectivity index (χ0) is 29.0. The van der Waals surface area contributed by atoms with Gasteiger partial charge in [-0.05, 0) is 99.1 Å². The third-order valence-corrected chi connectivity index (χ3v) is 10.1. The maximum Gasteiger partial charge on any atom is 0.426 e. The maximum atomic E-state index is 14.9. The molecular weight excluding hydrogens is 546 g/mol. The number of likely N-dealkylation sites (tertiary alicyclic amines) is 1. The summed E-state index contributed by atoms with van der Waals surface area (Å²) in [6.07, 6.45) is -0.851. The van der Waals surface area contributed by atoms with Crippen LogP contribution < -0.4 is 0 Å². The lowest BCUT2D eigenvalue weighted by Crippen LogP contribution is -2.51. The van der Waals surface area contributed by atoms with Gasteiger partial charge in [-0.1, -0.05) is 41.9 Å². The Hall–Kier alpha value is -2.61. The van der Waals surface area contributed by atoms with E-state index in [0.29, 0.717) is 75.4 Å². The largest absolute Gasteiger partial charge is 0.481 e. The Morgan fingerprint density at radius 3 is 2.33 bits per heavy atom. The molecular formula is C31H34ClF4NO3. The average molecular weight is 580 g/mol. The van der Waals surface area contributed by atoms with E-state index < -0.39 is 34.7 Å². The van der Waals surface area contributed by atoms with E-state index in [4.69, 9.17) is 11.6 Å². The van der Waals surface area contributed by atoms with Crippen LogP contribution in [0.5, 0.6) is 0 Å². The number of halogens is 5. The first-order valence-corrected chi connectivity index (χ1v) is 14.3. The summed E-state index contributed by atoms with van der Waals surface area (Å²) >= 11 is 6.45. The Labute approximate surface area is 236 Å². The minimum absolute atomic E-state index is 0.0335. The maximum absolute atomic E-state index is 14.9. The fourth-order valence-electron chi connectivity index (χ4n) is 7.22. The van der Waals surface area contributed by atoms with E-state index in [1.807, 2.05) is 30.0 Å². The summed E-state index contributed by atoms with van der Waals surface area (Å²) < 4.78 is 55.5. The van der Waals surface area contributed by atoms with Crippen molar-refractivity contribution in [3.05, 3.63) is 69.2 Å². The molecule has 1 saturated carbocycles. The number of amides is 1. The van der Waals surface area contributed by atoms with Crippen molar-refractivity contribution in [2.24, 2.45) is 11.8 Å². The highest BCUT2D eigenvalue weighted by atomic mass is 35.5. The highest BCUT2D eigenvalue weighted by Crippen LogP contribution is 2.51. The van der Waals surface area contributed by atoms with Crippen LogP contribution in [0.2, 0.25) is 5.02 Å². The van der Waals surface area contributed by atoms with Crippen LogP contribution in [0.1, 0.15) is 73.3 Å². The molecule has 40 heavy (non-hydrogen) atoms. The second-order valence-corrected chi connectivity index (χ2v) is 12.4. The normalized spacial score (nSPS) is 28.0. The number of carbonyl (C=O) groups is 2. The van der Waals surface area contributed by atoms with Crippen molar-refractivity contribution in [3.8, 4) is 0 Å². The molecule has 1 amide bonds. The zero-order valence-corrected chi connectivity index (χ0v) is 23.4. The van der Waals surface area contributed by atoms with Gasteiger partial charge in [0.05, 0.1) is 5.92 Å². The van der Waals surface area contributed by atoms with Crippen molar-refractivity contribution in [1.29, 1.82) is 0 Å². The Balaban J connectivity index is 1.51. The van der Waals surface area contributed by atoms with Gasteiger partial charge in [0, 0.05) is 28.9 Å². The Morgan fingerprint density at radius 1 is 1.02 bits per heavy atom. The smallest absolute Gasteiger partial charge is 0.426 e. The number of hydrogen-bond acceptors (Lipinski definition) is 2. The molecule has 9 heteroatoms. The van der Waals surface area contributed by atoms with Gasteiger partial charge in [-0.15, -0.1) is 0 Å². The van der Waals surface area contributed by atoms with Crippen LogP contribution in [0.4, 0.5) is 17.6 Å². The molecule has 0 aromatic heterocycles. The van der Waals surface area contributed by atoms with E-state index in [9.17, 15) is 32.3 Å². The molecule has 0 radical (unpaired) electrons. The van der Waals surface area contributed by atoms with Crippen LogP contribution in [0.15, 0.2) is 36.4 Å². The third kappa shape index (κ3) is 4.90. The third-order valence-electron chi connectivity index (χ3n) is 9.68. The van der Waals surface area contributed by atoms with Gasteiger partial charge in [0.25, 0.3) is 0 Å². The highest BCUT2D eigenvalue weighted by molar-refractivity contribution is 6.31. The number of aryl methyl sites for hydroxylation is 2. The molecule has 1 saturated heterocycles. The zero-order valence-electron chi connectivity index (χ0n) is 22.7. The minimum Gasteiger partial charge on any atom is -0.481 e. The molecule has 2 aromatic carbocycles. The van der Waals surface area contributed by atoms with Gasteiger partial charge in [-0.3, -0.25) is 9.59 Å². The SMILES string of the molecule is Cc1ccc(CC23CCN(C(=O)[C@H]4CC[C@H](C(=O)O)CC4)C2CCc2cc(C(C)(F)C(F)(F)F)ccc23)cc1Cl. The van der Waals surface area contributed by atoms with Crippen molar-refractivity contribution in [2.45, 2.75) is 88.5 Å². The van der Waals surface area contributed by atoms with Gasteiger partial charge < -0.3 is 10.0 Å². The van der Waals surface area contributed by atoms with E-state index in [-0.39, 0.29) is 17.9 Å². The van der Waals surface area contributed by atoms with Gasteiger partial charge >= 0.3 is 12.1 Å². The summed E-state index contributed by atoms with van der Waals surface area (Å²) in [5, 5.41) is 9.98. The number of nitrogens with zero attached hydrogens (tertiary/aromatic N) is 1. The number of alkyl halides is 4. The molecule has 1 heterocycles. The van der Waals surface area contributed by atoms with E-state index in [1.165, 1.54) is 12.1 Å². The molecule has 0 bridgehead atoms. The van der Waals surface area contributed by atoms with Crippen LogP contribution in [0, 0.1) is 18.8 Å². The van der Waals surface area contributed by atoms with Gasteiger partial charge in [0.15, 0.2) is 0 Å². The number of hydrogen-bond donors (Lipinski definition) is 1. The summed E-state index contributed by atoms with van der Waals surface area (Å²) in [5.74, 6) is -1.43. The Morgan fingerprint density at radius 2 is 1.70 bits per heavy atom. The molecule has 1 N–H and O–H groups in total. The van der Waals surface area contributed by atoms with E-state index in [1.54, 1.807) is 6.07 Å². The van der Waals surface area contributed by atoms with E-state index >= 15 is 0 Å². The first kappa shape index (κ1) is 28.9. The van der Waals surface area contributed by atoms with Crippen molar-refractivity contribution >= 4 is 23.5 Å². The summed E-state index contributed by atoms with van der Waals surface area (Å²) in [6.45, 7) is 2.97. The number of carboxylic acid groups (broad SMARTS) is 1. The lowest BCUT2D eigenvalue weighted by Gasteiger charge is -2.45. The van der Waals surface area contributed by atoms with Crippen LogP contribution in [0.3, 0.4) is 0 Å². The number of carboxylic acids is 1. The minimum atomic E-state index is -5.04. The number of carbonyl (C=O) groups excluding carboxylic acids is 1. The van der Waals surface area contributed by atoms with Gasteiger partial charge in [-0.2, -0.15) is 13.2 Å². The molecule has 5 rings (SSSR count). The molecule has 216 valence electrons. The monoisotopic (exact) mass is 579 g/mol. The molecule has 4 nitrogen and oxygen atoms in total. The molecule has 2 fully saturated rings. The predicted octanol–water partition coefficient (Wildman–Crippen LogP) is 7.31. The van der Waals surface area contributed by atoms with Gasteiger partial charge in [0.1, 0.15) is 0 Å². The Bertz CT molecular complexity index is 1320. The van der Waals surface area contributed by atoms with Crippen molar-refractivity contribution < 1.29 is 32.3 Å². The number of fused-ring (bicyclic) bond motifs is 3. The fourth-order valence-corrected chi connectivity index (χ4v) is 7.42. The number of rotatable bonds is 5. The van der Waals surface area contributed by atoms with Crippen LogP contribution >= 0.6 is 11.6 Å². The molecule has 1 aliphatic heterocycles. The standard InChI is InChI=1S/C31H34ClF4NO3/c1-18-3-4-19(15-25(18)32)17-30-13-14-37(27(38)20-5-7-21(8-6-20)28(39)40)26(30)12-9-22-16-23(10-11-24(22)30)29(2,33)31(34,35)36/h3-4,10-11,15-16,20-21,26H,5-9,12-14,17H2,1-2H3,(H,39,40)/t20-,21-,26?,29?,30?. The lowest BCUT2D eigenvalue weighted by molar-refractivity contribution is -0.228. The predicted molar refractivity (Wildman–Crippen MR) is 144 cm³/mol. The summed E-state index contributed by atoms with van der Waals surface area (Å²) in [5.41, 5.74) is -0.968. The second kappa shape index (κ2) is 10.3. The van der Waals surface area contributed by atoms with Crippen molar-refractivity contribution in [1.82, 2.24) is 4.90 Å². The topological polar surface area (TPSA) is 57.6 Å². The summed E-state index contributed by atoms with van der Waals surface area (Å²) in [4.78, 5) is 27.2. The number of aliphatic carboxylic acids is 1. The van der Waals surface area contributed by atoms with E-state index in [2.05, 4.69) is 0 Å². The van der Waals surface area contributed by atoms with Crippen molar-refractivity contribution in [2.75, 3.05) is 6.54 Å². The van der Waals surface area contributed by atoms with Crippen molar-refractivity contribution in [3.63, 3.8) is 0 Å². The fraction of sp³-hybridized carbons (Fsp3) is 0.548. The van der Waals surface area contributed by atoms with E-state index in [0.717, 1.165) is 16.7 Å². The molecule has 2 aliphatic carbocycles. The Kier molecular flexibility index (Phi) is 7.47. The molecule has 3 unspecified atom stereocenters. The van der Waals surface area contributed by atoms with Gasteiger partial charge in [-0.25, -0.2) is 4.39 Å².